The average Bonchev–Trinajstić information content (AvgIpc) is 2.58. The maximum atomic E-state index is 13.5. The van der Waals surface area contributed by atoms with E-state index in [1.165, 1.54) is 12.1 Å². The molecule has 0 amide bonds. The Morgan fingerprint density at radius 2 is 2.06 bits per heavy atom. The zero-order valence-electron chi connectivity index (χ0n) is 10.7. The van der Waals surface area contributed by atoms with Gasteiger partial charge in [-0.1, -0.05) is 6.07 Å². The summed E-state index contributed by atoms with van der Waals surface area (Å²) in [5, 5.41) is 4.28. The highest BCUT2D eigenvalue weighted by atomic mass is 19.1. The summed E-state index contributed by atoms with van der Waals surface area (Å²) in [5.74, 6) is 5.35. The Morgan fingerprint density at radius 1 is 1.33 bits per heavy atom. The number of nitrogens with one attached hydrogen (secondary N) is 1. The van der Waals surface area contributed by atoms with Gasteiger partial charge in [0.25, 0.3) is 0 Å². The van der Waals surface area contributed by atoms with Crippen molar-refractivity contribution >= 4 is 0 Å². The average molecular weight is 248 g/mol. The van der Waals surface area contributed by atoms with E-state index in [0.717, 1.165) is 22.4 Å². The molecule has 1 atom stereocenters. The molecule has 0 fully saturated rings. The Morgan fingerprint density at radius 3 is 2.56 bits per heavy atom. The SMILES string of the molecule is Cc1cc(F)cc(C(NN)c2cn(C)nc2C)c1. The molecule has 0 radical (unpaired) electrons. The summed E-state index contributed by atoms with van der Waals surface area (Å²) in [7, 11) is 1.85. The molecule has 2 aromatic rings. The molecular formula is C13H17FN4. The monoisotopic (exact) mass is 248 g/mol. The van der Waals surface area contributed by atoms with Crippen molar-refractivity contribution in [1.82, 2.24) is 15.2 Å². The van der Waals surface area contributed by atoms with E-state index in [2.05, 4.69) is 10.5 Å². The van der Waals surface area contributed by atoms with E-state index in [-0.39, 0.29) is 11.9 Å². The zero-order valence-corrected chi connectivity index (χ0v) is 10.7. The van der Waals surface area contributed by atoms with Gasteiger partial charge in [0.15, 0.2) is 0 Å². The molecule has 0 aliphatic heterocycles. The highest BCUT2D eigenvalue weighted by Crippen LogP contribution is 2.25. The van der Waals surface area contributed by atoms with Gasteiger partial charge in [0.2, 0.25) is 0 Å². The summed E-state index contributed by atoms with van der Waals surface area (Å²) in [6.45, 7) is 3.77. The fourth-order valence-electron chi connectivity index (χ4n) is 2.20. The summed E-state index contributed by atoms with van der Waals surface area (Å²) in [5.41, 5.74) is 6.21. The predicted molar refractivity (Wildman–Crippen MR) is 68.2 cm³/mol. The summed E-state index contributed by atoms with van der Waals surface area (Å²) in [6, 6.07) is 4.64. The van der Waals surface area contributed by atoms with Gasteiger partial charge < -0.3 is 0 Å². The molecule has 1 aromatic carbocycles. The fourth-order valence-corrected chi connectivity index (χ4v) is 2.20. The smallest absolute Gasteiger partial charge is 0.123 e. The number of hydrogen-bond donors (Lipinski definition) is 2. The molecule has 1 unspecified atom stereocenters. The zero-order chi connectivity index (χ0) is 13.3. The van der Waals surface area contributed by atoms with Crippen molar-refractivity contribution in [3.63, 3.8) is 0 Å². The van der Waals surface area contributed by atoms with Crippen LogP contribution in [-0.2, 0) is 7.05 Å². The molecule has 96 valence electrons. The lowest BCUT2D eigenvalue weighted by atomic mass is 9.98. The third-order valence-electron chi connectivity index (χ3n) is 2.93. The number of halogens is 1. The van der Waals surface area contributed by atoms with Gasteiger partial charge in [-0.2, -0.15) is 5.10 Å². The Bertz CT molecular complexity index is 542. The lowest BCUT2D eigenvalue weighted by molar-refractivity contribution is 0.602. The molecule has 1 aromatic heterocycles. The summed E-state index contributed by atoms with van der Waals surface area (Å²) >= 11 is 0. The predicted octanol–water partition coefficient (Wildman–Crippen LogP) is 1.73. The van der Waals surface area contributed by atoms with E-state index < -0.39 is 0 Å². The van der Waals surface area contributed by atoms with E-state index in [0.29, 0.717) is 0 Å². The highest BCUT2D eigenvalue weighted by molar-refractivity contribution is 5.35. The van der Waals surface area contributed by atoms with E-state index in [1.54, 1.807) is 4.68 Å². The summed E-state index contributed by atoms with van der Waals surface area (Å²) < 4.78 is 15.2. The van der Waals surface area contributed by atoms with Crippen LogP contribution in [0.15, 0.2) is 24.4 Å². The maximum absolute atomic E-state index is 13.5. The molecule has 0 saturated heterocycles. The van der Waals surface area contributed by atoms with Crippen molar-refractivity contribution in [2.75, 3.05) is 0 Å². The van der Waals surface area contributed by atoms with Crippen LogP contribution in [0.1, 0.15) is 28.4 Å². The minimum atomic E-state index is -0.258. The Labute approximate surface area is 106 Å². The molecule has 0 aliphatic rings. The normalized spacial score (nSPS) is 12.7. The van der Waals surface area contributed by atoms with Gasteiger partial charge in [-0.15, -0.1) is 0 Å². The molecule has 18 heavy (non-hydrogen) atoms. The molecule has 1 heterocycles. The number of aromatic nitrogens is 2. The molecule has 2 rings (SSSR count). The quantitative estimate of drug-likeness (QED) is 0.642. The third-order valence-corrected chi connectivity index (χ3v) is 2.93. The molecule has 0 aliphatic carbocycles. The van der Waals surface area contributed by atoms with E-state index in [9.17, 15) is 4.39 Å². The fraction of sp³-hybridized carbons (Fsp3) is 0.308. The number of benzene rings is 1. The van der Waals surface area contributed by atoms with Crippen LogP contribution in [-0.4, -0.2) is 9.78 Å². The topological polar surface area (TPSA) is 55.9 Å². The minimum Gasteiger partial charge on any atom is -0.275 e. The van der Waals surface area contributed by atoms with Gasteiger partial charge in [0.1, 0.15) is 5.82 Å². The standard InChI is InChI=1S/C13H17FN4/c1-8-4-10(6-11(14)5-8)13(16-15)12-7-18(3)17-9(12)2/h4-7,13,16H,15H2,1-3H3. The Balaban J connectivity index is 2.48. The van der Waals surface area contributed by atoms with Gasteiger partial charge in [0.05, 0.1) is 11.7 Å². The van der Waals surface area contributed by atoms with E-state index in [1.807, 2.05) is 33.2 Å². The van der Waals surface area contributed by atoms with Crippen molar-refractivity contribution in [2.24, 2.45) is 12.9 Å². The van der Waals surface area contributed by atoms with Crippen molar-refractivity contribution in [3.05, 3.63) is 52.6 Å². The van der Waals surface area contributed by atoms with Gasteiger partial charge in [-0.3, -0.25) is 10.5 Å². The van der Waals surface area contributed by atoms with Gasteiger partial charge in [0, 0.05) is 18.8 Å². The van der Waals surface area contributed by atoms with Crippen molar-refractivity contribution in [3.8, 4) is 0 Å². The van der Waals surface area contributed by atoms with Crippen molar-refractivity contribution < 1.29 is 4.39 Å². The third kappa shape index (κ3) is 2.42. The Kier molecular flexibility index (Phi) is 3.45. The number of nitrogens with two attached hydrogens (primary N) is 1. The molecule has 4 nitrogen and oxygen atoms in total. The second kappa shape index (κ2) is 4.88. The van der Waals surface area contributed by atoms with Gasteiger partial charge >= 0.3 is 0 Å². The van der Waals surface area contributed by atoms with Crippen LogP contribution in [0, 0.1) is 19.7 Å². The van der Waals surface area contributed by atoms with Crippen LogP contribution in [0.5, 0.6) is 0 Å². The van der Waals surface area contributed by atoms with Crippen LogP contribution in [0.4, 0.5) is 4.39 Å². The Hall–Kier alpha value is -1.72. The van der Waals surface area contributed by atoms with Crippen LogP contribution in [0.2, 0.25) is 0 Å². The first-order valence-electron chi connectivity index (χ1n) is 5.74. The lowest BCUT2D eigenvalue weighted by Crippen LogP contribution is -2.29. The molecule has 0 spiro atoms. The second-order valence-electron chi connectivity index (χ2n) is 4.51. The first-order chi connectivity index (χ1) is 8.51. The van der Waals surface area contributed by atoms with Crippen LogP contribution >= 0.6 is 0 Å². The minimum absolute atomic E-state index is 0.256. The van der Waals surface area contributed by atoms with E-state index >= 15 is 0 Å². The number of hydrogen-bond acceptors (Lipinski definition) is 3. The molecule has 0 saturated carbocycles. The first kappa shape index (κ1) is 12.7. The van der Waals surface area contributed by atoms with Gasteiger partial charge in [-0.05, 0) is 37.1 Å². The van der Waals surface area contributed by atoms with Crippen LogP contribution < -0.4 is 11.3 Å². The molecule has 0 bridgehead atoms. The summed E-state index contributed by atoms with van der Waals surface area (Å²) in [6.07, 6.45) is 1.89. The lowest BCUT2D eigenvalue weighted by Gasteiger charge is -2.16. The van der Waals surface area contributed by atoms with Crippen LogP contribution in [0.3, 0.4) is 0 Å². The number of aryl methyl sites for hydroxylation is 3. The number of nitrogens with zero attached hydrogens (tertiary/aromatic N) is 2. The second-order valence-corrected chi connectivity index (χ2v) is 4.51. The molecule has 3 N–H and O–H groups in total. The number of hydrazine groups is 1. The first-order valence-corrected chi connectivity index (χ1v) is 5.74. The van der Waals surface area contributed by atoms with Crippen molar-refractivity contribution in [1.29, 1.82) is 0 Å². The molecular weight excluding hydrogens is 231 g/mol. The largest absolute Gasteiger partial charge is 0.275 e. The number of rotatable bonds is 3. The molecule has 5 heteroatoms. The maximum Gasteiger partial charge on any atom is 0.123 e. The van der Waals surface area contributed by atoms with E-state index in [4.69, 9.17) is 5.84 Å². The summed E-state index contributed by atoms with van der Waals surface area (Å²) in [4.78, 5) is 0. The van der Waals surface area contributed by atoms with Crippen molar-refractivity contribution in [2.45, 2.75) is 19.9 Å². The van der Waals surface area contributed by atoms with Gasteiger partial charge in [-0.25, -0.2) is 9.82 Å². The van der Waals surface area contributed by atoms with Crippen LogP contribution in [0.25, 0.3) is 0 Å². The highest BCUT2D eigenvalue weighted by Gasteiger charge is 2.18.